The average molecular weight is 346 g/mol. The van der Waals surface area contributed by atoms with Crippen LogP contribution in [-0.4, -0.2) is 19.0 Å². The Morgan fingerprint density at radius 1 is 0.962 bits per heavy atom. The molecule has 1 aliphatic carbocycles. The largest absolute Gasteiger partial charge is 0.465 e. The van der Waals surface area contributed by atoms with Gasteiger partial charge in [-0.15, -0.1) is 5.26 Å². The third-order valence-electron chi connectivity index (χ3n) is 4.50. The van der Waals surface area contributed by atoms with Crippen LogP contribution in [0.3, 0.4) is 0 Å². The Morgan fingerprint density at radius 2 is 1.50 bits per heavy atom. The van der Waals surface area contributed by atoms with Crippen molar-refractivity contribution in [2.45, 2.75) is 18.8 Å². The predicted octanol–water partition coefficient (Wildman–Crippen LogP) is 2.87. The quantitative estimate of drug-likeness (QED) is 0.612. The van der Waals surface area contributed by atoms with Crippen LogP contribution in [0.4, 0.5) is 0 Å². The number of hydrogen-bond donors (Lipinski definition) is 0. The summed E-state index contributed by atoms with van der Waals surface area (Å²) in [6, 6.07) is 12.4. The number of nitriles is 2. The van der Waals surface area contributed by atoms with Crippen LogP contribution in [0.5, 0.6) is 0 Å². The lowest BCUT2D eigenvalue weighted by molar-refractivity contribution is 0.0599. The molecule has 0 fully saturated rings. The summed E-state index contributed by atoms with van der Waals surface area (Å²) < 4.78 is 9.13. The van der Waals surface area contributed by atoms with Crippen molar-refractivity contribution in [1.29, 1.82) is 10.5 Å². The molecule has 6 nitrogen and oxygen atoms in total. The summed E-state index contributed by atoms with van der Waals surface area (Å²) in [6.07, 6.45) is 2.58. The van der Waals surface area contributed by atoms with E-state index in [0.717, 1.165) is 22.3 Å². The summed E-state index contributed by atoms with van der Waals surface area (Å²) in [5.41, 5.74) is 4.10. The molecule has 1 atom stereocenters. The molecule has 0 aliphatic heterocycles. The van der Waals surface area contributed by atoms with Crippen LogP contribution < -0.4 is 0 Å². The number of hydrogen-bond acceptors (Lipinski definition) is 6. The number of aryl methyl sites for hydroxylation is 2. The van der Waals surface area contributed by atoms with Crippen molar-refractivity contribution in [3.63, 3.8) is 0 Å². The molecule has 2 aromatic carbocycles. The molecule has 1 aliphatic rings. The van der Waals surface area contributed by atoms with Gasteiger partial charge in [0.1, 0.15) is 0 Å². The molecule has 0 spiro atoms. The van der Waals surface area contributed by atoms with Gasteiger partial charge in [-0.05, 0) is 59.4 Å². The Labute approximate surface area is 150 Å². The van der Waals surface area contributed by atoms with E-state index in [9.17, 15) is 14.9 Å². The molecule has 3 rings (SSSR count). The van der Waals surface area contributed by atoms with E-state index < -0.39 is 17.9 Å². The molecule has 6 heteroatoms. The topological polar surface area (TPSA) is 100 Å². The van der Waals surface area contributed by atoms with Gasteiger partial charge in [-0.2, -0.15) is 5.26 Å². The summed E-state index contributed by atoms with van der Waals surface area (Å²) in [4.78, 5) is 23.5. The van der Waals surface area contributed by atoms with Crippen molar-refractivity contribution in [3.8, 4) is 12.3 Å². The van der Waals surface area contributed by atoms with Crippen molar-refractivity contribution in [3.05, 3.63) is 69.8 Å². The van der Waals surface area contributed by atoms with Crippen molar-refractivity contribution in [2.24, 2.45) is 0 Å². The molecule has 0 bridgehead atoms. The molecular weight excluding hydrogens is 332 g/mol. The van der Waals surface area contributed by atoms with Gasteiger partial charge in [0, 0.05) is 0 Å². The van der Waals surface area contributed by atoms with Crippen LogP contribution in [0, 0.1) is 22.8 Å². The third kappa shape index (κ3) is 3.01. The Bertz CT molecular complexity index is 982. The van der Waals surface area contributed by atoms with E-state index in [1.165, 1.54) is 13.4 Å². The summed E-state index contributed by atoms with van der Waals surface area (Å²) in [5, 5.41) is 18.2. The van der Waals surface area contributed by atoms with Crippen molar-refractivity contribution in [1.82, 2.24) is 0 Å². The van der Waals surface area contributed by atoms with Crippen LogP contribution in [0.25, 0.3) is 0 Å². The van der Waals surface area contributed by atoms with Gasteiger partial charge in [0.25, 0.3) is 6.26 Å². The highest BCUT2D eigenvalue weighted by Gasteiger charge is 2.25. The lowest BCUT2D eigenvalue weighted by Gasteiger charge is -2.14. The van der Waals surface area contributed by atoms with Gasteiger partial charge >= 0.3 is 11.9 Å². The highest BCUT2D eigenvalue weighted by Crippen LogP contribution is 2.35. The second kappa shape index (κ2) is 7.08. The van der Waals surface area contributed by atoms with E-state index in [0.29, 0.717) is 18.4 Å². The molecule has 0 heterocycles. The molecule has 0 aromatic heterocycles. The Morgan fingerprint density at radius 3 is 1.96 bits per heavy atom. The number of fused-ring (bicyclic) bond motifs is 2. The average Bonchev–Trinajstić information content (AvgIpc) is 2.82. The Hall–Kier alpha value is -3.64. The Balaban J connectivity index is 2.05. The first kappa shape index (κ1) is 17.2. The van der Waals surface area contributed by atoms with Crippen LogP contribution in [-0.2, 0) is 22.3 Å². The minimum atomic E-state index is -0.724. The fraction of sp³-hybridized carbons (Fsp3) is 0.200. The first-order chi connectivity index (χ1) is 12.6. The normalized spacial score (nSPS) is 14.7. The van der Waals surface area contributed by atoms with Gasteiger partial charge in [-0.3, -0.25) is 0 Å². The second-order valence-corrected chi connectivity index (χ2v) is 5.86. The van der Waals surface area contributed by atoms with E-state index in [2.05, 4.69) is 10.8 Å². The van der Waals surface area contributed by atoms with Gasteiger partial charge in [0.05, 0.1) is 30.2 Å². The minimum Gasteiger partial charge on any atom is -0.465 e. The first-order valence-electron chi connectivity index (χ1n) is 7.93. The number of esters is 2. The minimum absolute atomic E-state index is 0.267. The van der Waals surface area contributed by atoms with Crippen molar-refractivity contribution >= 4 is 11.9 Å². The van der Waals surface area contributed by atoms with E-state index in [-0.39, 0.29) is 5.56 Å². The standard InChI is InChI=1S/C20H14N2O4/c1-25-19(23)14-4-6-16-12(8-14)2-3-13-9-15(20(24)26-11-22)5-7-17(13)18(16)10-21/h4-9,18H,2-3H2,1H3. The zero-order valence-corrected chi connectivity index (χ0v) is 14.0. The highest BCUT2D eigenvalue weighted by molar-refractivity contribution is 5.91. The van der Waals surface area contributed by atoms with Crippen molar-refractivity contribution < 1.29 is 19.1 Å². The number of ether oxygens (including phenoxy) is 2. The number of rotatable bonds is 2. The fourth-order valence-corrected chi connectivity index (χ4v) is 3.26. The van der Waals surface area contributed by atoms with Gasteiger partial charge in [-0.1, -0.05) is 12.1 Å². The van der Waals surface area contributed by atoms with Gasteiger partial charge < -0.3 is 9.47 Å². The molecule has 128 valence electrons. The molecule has 0 radical (unpaired) electrons. The summed E-state index contributed by atoms with van der Waals surface area (Å²) in [6.45, 7) is 0. The van der Waals surface area contributed by atoms with Crippen LogP contribution >= 0.6 is 0 Å². The maximum Gasteiger partial charge on any atom is 0.353 e. The van der Waals surface area contributed by atoms with Gasteiger partial charge in [0.2, 0.25) is 0 Å². The number of carbonyl (C=O) groups excluding carboxylic acids is 2. The van der Waals surface area contributed by atoms with Crippen LogP contribution in [0.1, 0.15) is 48.9 Å². The monoisotopic (exact) mass is 346 g/mol. The van der Waals surface area contributed by atoms with E-state index in [1.807, 2.05) is 0 Å². The maximum absolute atomic E-state index is 11.8. The fourth-order valence-electron chi connectivity index (χ4n) is 3.26. The first-order valence-corrected chi connectivity index (χ1v) is 7.93. The Kier molecular flexibility index (Phi) is 4.68. The molecule has 0 N–H and O–H groups in total. The lowest BCUT2D eigenvalue weighted by atomic mass is 9.88. The molecule has 2 aromatic rings. The zero-order valence-electron chi connectivity index (χ0n) is 14.0. The number of carbonyl (C=O) groups is 2. The second-order valence-electron chi connectivity index (χ2n) is 5.86. The third-order valence-corrected chi connectivity index (χ3v) is 4.50. The molecular formula is C20H14N2O4. The molecule has 0 saturated heterocycles. The molecule has 1 unspecified atom stereocenters. The van der Waals surface area contributed by atoms with E-state index in [4.69, 9.17) is 10.00 Å². The predicted molar refractivity (Wildman–Crippen MR) is 90.1 cm³/mol. The van der Waals surface area contributed by atoms with E-state index in [1.54, 1.807) is 36.4 Å². The molecule has 0 amide bonds. The number of methoxy groups -OCH3 is 1. The van der Waals surface area contributed by atoms with Crippen molar-refractivity contribution in [2.75, 3.05) is 7.11 Å². The summed E-state index contributed by atoms with van der Waals surface area (Å²) in [5.74, 6) is -1.65. The SMILES string of the molecule is COC(=O)c1ccc2c(c1)CCc1cc(C(=O)OC#N)ccc1C2C#N. The van der Waals surface area contributed by atoms with E-state index >= 15 is 0 Å². The highest BCUT2D eigenvalue weighted by atomic mass is 16.5. The maximum atomic E-state index is 11.8. The summed E-state index contributed by atoms with van der Waals surface area (Å²) in [7, 11) is 1.32. The van der Waals surface area contributed by atoms with Crippen LogP contribution in [0.2, 0.25) is 0 Å². The summed E-state index contributed by atoms with van der Waals surface area (Å²) >= 11 is 0. The number of nitrogens with zero attached hydrogens (tertiary/aromatic N) is 2. The molecule has 26 heavy (non-hydrogen) atoms. The van der Waals surface area contributed by atoms with Gasteiger partial charge in [0.15, 0.2) is 0 Å². The lowest BCUT2D eigenvalue weighted by Crippen LogP contribution is -2.06. The molecule has 0 saturated carbocycles. The number of benzene rings is 2. The van der Waals surface area contributed by atoms with Gasteiger partial charge in [-0.25, -0.2) is 9.59 Å². The smallest absolute Gasteiger partial charge is 0.353 e. The zero-order chi connectivity index (χ0) is 18.7. The van der Waals surface area contributed by atoms with Crippen LogP contribution in [0.15, 0.2) is 36.4 Å².